The summed E-state index contributed by atoms with van der Waals surface area (Å²) in [6, 6.07) is 0. The van der Waals surface area contributed by atoms with Gasteiger partial charge in [-0.1, -0.05) is 17.7 Å². The van der Waals surface area contributed by atoms with Crippen LogP contribution in [0.2, 0.25) is 5.02 Å². The maximum atomic E-state index is 12.3. The topological polar surface area (TPSA) is 76.3 Å². The highest BCUT2D eigenvalue weighted by atomic mass is 35.5. The molecule has 5 heterocycles. The van der Waals surface area contributed by atoms with Gasteiger partial charge in [0.1, 0.15) is 4.90 Å². The molecular formula is C17H15ClN6OS. The molecule has 0 spiro atoms. The van der Waals surface area contributed by atoms with Gasteiger partial charge >= 0.3 is 0 Å². The zero-order chi connectivity index (χ0) is 17.7. The molecule has 0 unspecified atom stereocenters. The van der Waals surface area contributed by atoms with Crippen LogP contribution in [0.15, 0.2) is 35.8 Å². The third-order valence-electron chi connectivity index (χ3n) is 4.71. The summed E-state index contributed by atoms with van der Waals surface area (Å²) in [4.78, 5) is 20.8. The van der Waals surface area contributed by atoms with Crippen molar-refractivity contribution in [3.05, 3.63) is 47.4 Å². The highest BCUT2D eigenvalue weighted by Crippen LogP contribution is 2.30. The number of nitrogens with zero attached hydrogens (tertiary/aromatic N) is 6. The van der Waals surface area contributed by atoms with Crippen LogP contribution in [0.25, 0.3) is 11.2 Å². The third kappa shape index (κ3) is 2.52. The smallest absolute Gasteiger partial charge is 0.211 e. The maximum Gasteiger partial charge on any atom is 0.211 e. The van der Waals surface area contributed by atoms with Crippen LogP contribution < -0.4 is 4.90 Å². The van der Waals surface area contributed by atoms with Gasteiger partial charge in [0.25, 0.3) is 0 Å². The lowest BCUT2D eigenvalue weighted by Crippen LogP contribution is -2.31. The Kier molecular flexibility index (Phi) is 3.75. The third-order valence-corrected chi connectivity index (χ3v) is 6.35. The Morgan fingerprint density at radius 3 is 2.77 bits per heavy atom. The molecule has 0 fully saturated rings. The summed E-state index contributed by atoms with van der Waals surface area (Å²) in [5.41, 5.74) is 2.78. The SMILES string of the molecule is O=[S@]1CCc2nc(N3CC=C(c4ncc(Cl)cn4)CC3)n3ccnc3c21. The van der Waals surface area contributed by atoms with E-state index in [1.807, 2.05) is 10.6 Å². The first-order valence-electron chi connectivity index (χ1n) is 8.37. The second kappa shape index (κ2) is 6.14. The van der Waals surface area contributed by atoms with Crippen LogP contribution >= 0.6 is 11.6 Å². The number of rotatable bonds is 2. The Morgan fingerprint density at radius 2 is 2.00 bits per heavy atom. The van der Waals surface area contributed by atoms with Crippen molar-refractivity contribution in [3.8, 4) is 0 Å². The predicted molar refractivity (Wildman–Crippen MR) is 99.8 cm³/mol. The van der Waals surface area contributed by atoms with Crippen LogP contribution in [0.5, 0.6) is 0 Å². The molecule has 0 aromatic carbocycles. The zero-order valence-corrected chi connectivity index (χ0v) is 15.4. The molecular weight excluding hydrogens is 372 g/mol. The summed E-state index contributed by atoms with van der Waals surface area (Å²) in [7, 11) is -1.00. The highest BCUT2D eigenvalue weighted by molar-refractivity contribution is 7.85. The largest absolute Gasteiger partial charge is 0.338 e. The van der Waals surface area contributed by atoms with E-state index in [9.17, 15) is 4.21 Å². The van der Waals surface area contributed by atoms with Gasteiger partial charge < -0.3 is 4.90 Å². The van der Waals surface area contributed by atoms with Crippen LogP contribution in [0.3, 0.4) is 0 Å². The van der Waals surface area contributed by atoms with E-state index in [0.717, 1.165) is 53.0 Å². The van der Waals surface area contributed by atoms with E-state index in [1.54, 1.807) is 18.6 Å². The van der Waals surface area contributed by atoms with Gasteiger partial charge in [-0.2, -0.15) is 0 Å². The summed E-state index contributed by atoms with van der Waals surface area (Å²) in [6.45, 7) is 1.52. The molecule has 3 aromatic rings. The monoisotopic (exact) mass is 386 g/mol. The minimum absolute atomic E-state index is 0.536. The molecule has 132 valence electrons. The second-order valence-corrected chi connectivity index (χ2v) is 8.20. The molecule has 2 aliphatic rings. The van der Waals surface area contributed by atoms with Gasteiger partial charge in [0.05, 0.1) is 21.5 Å². The van der Waals surface area contributed by atoms with E-state index in [2.05, 4.69) is 25.9 Å². The van der Waals surface area contributed by atoms with Gasteiger partial charge in [-0.3, -0.25) is 8.61 Å². The highest BCUT2D eigenvalue weighted by Gasteiger charge is 2.27. The van der Waals surface area contributed by atoms with Crippen molar-refractivity contribution in [3.63, 3.8) is 0 Å². The molecule has 26 heavy (non-hydrogen) atoms. The van der Waals surface area contributed by atoms with Crippen LogP contribution in [0.1, 0.15) is 17.9 Å². The summed E-state index contributed by atoms with van der Waals surface area (Å²) in [5.74, 6) is 2.20. The van der Waals surface area contributed by atoms with Gasteiger partial charge in [0.2, 0.25) is 5.95 Å². The molecule has 9 heteroatoms. The number of anilines is 1. The van der Waals surface area contributed by atoms with E-state index >= 15 is 0 Å². The van der Waals surface area contributed by atoms with Gasteiger partial charge in [-0.25, -0.2) is 19.9 Å². The van der Waals surface area contributed by atoms with Crippen molar-refractivity contribution in [2.24, 2.45) is 0 Å². The zero-order valence-electron chi connectivity index (χ0n) is 13.8. The summed E-state index contributed by atoms with van der Waals surface area (Å²) in [5, 5.41) is 0.536. The van der Waals surface area contributed by atoms with Crippen LogP contribution in [-0.4, -0.2) is 47.4 Å². The van der Waals surface area contributed by atoms with Crippen molar-refractivity contribution in [2.45, 2.75) is 17.7 Å². The molecule has 3 aromatic heterocycles. The maximum absolute atomic E-state index is 12.3. The number of halogens is 1. The fourth-order valence-corrected chi connectivity index (χ4v) is 4.88. The quantitative estimate of drug-likeness (QED) is 0.671. The van der Waals surface area contributed by atoms with Crippen LogP contribution in [0.4, 0.5) is 5.95 Å². The molecule has 0 bridgehead atoms. The van der Waals surface area contributed by atoms with Crippen LogP contribution in [-0.2, 0) is 17.2 Å². The molecule has 2 aliphatic heterocycles. The van der Waals surface area contributed by atoms with Crippen molar-refractivity contribution in [1.82, 2.24) is 24.3 Å². The molecule has 0 radical (unpaired) electrons. The predicted octanol–water partition coefficient (Wildman–Crippen LogP) is 2.13. The van der Waals surface area contributed by atoms with Gasteiger partial charge in [0.15, 0.2) is 11.5 Å². The molecule has 1 atom stereocenters. The summed E-state index contributed by atoms with van der Waals surface area (Å²) >= 11 is 5.86. The first kappa shape index (κ1) is 15.9. The second-order valence-electron chi connectivity index (χ2n) is 6.26. The molecule has 0 aliphatic carbocycles. The van der Waals surface area contributed by atoms with E-state index in [1.165, 1.54) is 0 Å². The summed E-state index contributed by atoms with van der Waals surface area (Å²) < 4.78 is 14.2. The fraction of sp³-hybridized carbons (Fsp3) is 0.294. The number of aryl methyl sites for hydroxylation is 1. The Hall–Kier alpha value is -2.32. The van der Waals surface area contributed by atoms with Crippen molar-refractivity contribution < 1.29 is 4.21 Å². The molecule has 0 amide bonds. The Labute approximate surface area is 157 Å². The number of hydrogen-bond donors (Lipinski definition) is 0. The fourth-order valence-electron chi connectivity index (χ4n) is 3.44. The molecule has 5 rings (SSSR count). The van der Waals surface area contributed by atoms with Crippen molar-refractivity contribution in [1.29, 1.82) is 0 Å². The lowest BCUT2D eigenvalue weighted by atomic mass is 10.1. The van der Waals surface area contributed by atoms with Gasteiger partial charge in [0, 0.05) is 50.1 Å². The lowest BCUT2D eigenvalue weighted by molar-refractivity contribution is 0.685. The summed E-state index contributed by atoms with van der Waals surface area (Å²) in [6.07, 6.45) is 10.6. The number of aromatic nitrogens is 5. The van der Waals surface area contributed by atoms with E-state index < -0.39 is 10.8 Å². The van der Waals surface area contributed by atoms with E-state index in [4.69, 9.17) is 16.6 Å². The Bertz CT molecular complexity index is 1060. The average Bonchev–Trinajstić information content (AvgIpc) is 3.28. The van der Waals surface area contributed by atoms with Crippen LogP contribution in [0, 0.1) is 0 Å². The lowest BCUT2D eigenvalue weighted by Gasteiger charge is -2.27. The van der Waals surface area contributed by atoms with Crippen molar-refractivity contribution >= 4 is 39.6 Å². The van der Waals surface area contributed by atoms with E-state index in [-0.39, 0.29) is 0 Å². The number of hydrogen-bond acceptors (Lipinski definition) is 6. The van der Waals surface area contributed by atoms with E-state index in [0.29, 0.717) is 17.3 Å². The molecule has 0 N–H and O–H groups in total. The molecule has 0 saturated carbocycles. The standard InChI is InChI=1S/C17H15ClN6OS/c18-12-9-20-15(21-10-12)11-1-5-23(6-2-11)17-22-13-3-8-26(25)14(13)16-19-4-7-24(16)17/h1,4,7,9-10H,2-3,5-6,8H2/t26-/m0/s1. The van der Waals surface area contributed by atoms with Crippen molar-refractivity contribution in [2.75, 3.05) is 23.7 Å². The molecule has 0 saturated heterocycles. The average molecular weight is 387 g/mol. The number of fused-ring (bicyclic) bond motifs is 3. The Balaban J connectivity index is 1.50. The minimum Gasteiger partial charge on any atom is -0.338 e. The van der Waals surface area contributed by atoms with Gasteiger partial charge in [-0.05, 0) is 12.0 Å². The minimum atomic E-state index is -1.00. The normalized spacial score (nSPS) is 19.7. The number of imidazole rings is 1. The van der Waals surface area contributed by atoms with Gasteiger partial charge in [-0.15, -0.1) is 0 Å². The first-order chi connectivity index (χ1) is 12.7. The first-order valence-corrected chi connectivity index (χ1v) is 10.1. The molecule has 7 nitrogen and oxygen atoms in total. The Morgan fingerprint density at radius 1 is 1.15 bits per heavy atom.